The lowest BCUT2D eigenvalue weighted by Gasteiger charge is -2.26. The maximum Gasteiger partial charge on any atom is 0.327 e. The quantitative estimate of drug-likeness (QED) is 0.0107. The SMILES string of the molecule is C[C@@H](N)CCC(=O)N[C@@H](CC(=O)O)C(=O)N[C@@H](CCCNC(=N)N)C(=O)N[C@@H](CC(=O)O)C(=O)N[C@@H](CC(=O)O)C(=O)N[C@@H](CSSCCOC=O)C(=O)O. The molecule has 0 aliphatic rings. The molecular weight excluding hydrogens is 779 g/mol. The third-order valence-corrected chi connectivity index (χ3v) is 9.16. The highest BCUT2D eigenvalue weighted by atomic mass is 33.1. The third-order valence-electron chi connectivity index (χ3n) is 6.78. The zero-order valence-electron chi connectivity index (χ0n) is 29.6. The van der Waals surface area contributed by atoms with Gasteiger partial charge in [0.1, 0.15) is 36.8 Å². The fourth-order valence-electron chi connectivity index (χ4n) is 4.14. The first-order valence-corrected chi connectivity index (χ1v) is 18.8. The first kappa shape index (κ1) is 49.6. The number of carboxylic acid groups (broad SMARTS) is 4. The number of carbonyl (C=O) groups excluding carboxylic acids is 6. The summed E-state index contributed by atoms with van der Waals surface area (Å²) in [5, 5.41) is 58.1. The lowest BCUT2D eigenvalue weighted by Crippen LogP contribution is -2.59. The predicted octanol–water partition coefficient (Wildman–Crippen LogP) is -4.14. The standard InChI is InChI=1S/C29H47N9O15S2/c1-14(30)4-5-20(40)34-16(9-21(41)42)25(48)35-15(3-2-6-33-29(31)32)24(47)36-17(10-22(43)44)26(49)37-18(11-23(45)46)27(50)38-19(28(51)52)12-55-54-8-7-53-13-39/h13-19H,2-12,30H2,1H3,(H,34,40)(H,35,48)(H,36,47)(H,37,49)(H,38,50)(H,41,42)(H,43,44)(H,45,46)(H,51,52)(H4,31,32,33)/t14-,15+,16+,17+,18+,19+/m1/s1. The molecule has 0 fully saturated rings. The van der Waals surface area contributed by atoms with Crippen molar-refractivity contribution in [3.8, 4) is 0 Å². The van der Waals surface area contributed by atoms with Crippen molar-refractivity contribution in [2.24, 2.45) is 11.5 Å². The summed E-state index contributed by atoms with van der Waals surface area (Å²) < 4.78 is 4.50. The van der Waals surface area contributed by atoms with Crippen LogP contribution in [0.4, 0.5) is 0 Å². The summed E-state index contributed by atoms with van der Waals surface area (Å²) >= 11 is 0. The van der Waals surface area contributed by atoms with Gasteiger partial charge in [0.25, 0.3) is 6.47 Å². The Balaban J connectivity index is 6.17. The van der Waals surface area contributed by atoms with Gasteiger partial charge in [0.2, 0.25) is 29.5 Å². The van der Waals surface area contributed by atoms with Crippen LogP contribution in [0.1, 0.15) is 51.9 Å². The fourth-order valence-corrected chi connectivity index (χ4v) is 6.14. The van der Waals surface area contributed by atoms with E-state index in [2.05, 4.69) is 31.3 Å². The second-order valence-corrected chi connectivity index (χ2v) is 14.2. The number of carbonyl (C=O) groups is 10. The second kappa shape index (κ2) is 27.2. The number of guanidine groups is 1. The van der Waals surface area contributed by atoms with E-state index in [0.717, 1.165) is 21.6 Å². The molecule has 0 saturated heterocycles. The predicted molar refractivity (Wildman–Crippen MR) is 193 cm³/mol. The number of carboxylic acids is 4. The molecule has 0 aliphatic heterocycles. The Kier molecular flexibility index (Phi) is 24.6. The van der Waals surface area contributed by atoms with E-state index in [0.29, 0.717) is 0 Å². The molecule has 0 bridgehead atoms. The monoisotopic (exact) mass is 825 g/mol. The second-order valence-electron chi connectivity index (χ2n) is 11.6. The van der Waals surface area contributed by atoms with E-state index in [1.54, 1.807) is 6.92 Å². The number of hydrogen-bond acceptors (Lipinski definition) is 15. The maximum absolute atomic E-state index is 13.5. The van der Waals surface area contributed by atoms with E-state index in [1.807, 2.05) is 5.32 Å². The molecule has 0 spiro atoms. The van der Waals surface area contributed by atoms with Gasteiger partial charge in [-0.2, -0.15) is 0 Å². The molecule has 0 rings (SSSR count). The smallest absolute Gasteiger partial charge is 0.327 e. The molecule has 0 aromatic rings. The molecule has 6 atom stereocenters. The van der Waals surface area contributed by atoms with Gasteiger partial charge in [-0.3, -0.25) is 48.6 Å². The Hall–Kier alpha value is -5.37. The van der Waals surface area contributed by atoms with Crippen molar-refractivity contribution in [3.63, 3.8) is 0 Å². The minimum Gasteiger partial charge on any atom is -0.481 e. The molecule has 24 nitrogen and oxygen atoms in total. The first-order chi connectivity index (χ1) is 25.8. The van der Waals surface area contributed by atoms with Crippen LogP contribution in [0, 0.1) is 5.41 Å². The van der Waals surface area contributed by atoms with Gasteiger partial charge in [0, 0.05) is 30.5 Å². The van der Waals surface area contributed by atoms with E-state index < -0.39 is 115 Å². The number of ether oxygens (including phenoxy) is 1. The average molecular weight is 826 g/mol. The van der Waals surface area contributed by atoms with Crippen LogP contribution >= 0.6 is 21.6 Å². The number of aliphatic carboxylic acids is 4. The Morgan fingerprint density at radius 2 is 1.16 bits per heavy atom. The molecule has 5 amide bonds. The summed E-state index contributed by atoms with van der Waals surface area (Å²) in [5.74, 6) is -12.5. The summed E-state index contributed by atoms with van der Waals surface area (Å²) in [5.41, 5.74) is 10.9. The molecule has 0 aliphatic carbocycles. The Morgan fingerprint density at radius 1 is 0.709 bits per heavy atom. The zero-order chi connectivity index (χ0) is 42.1. The van der Waals surface area contributed by atoms with Gasteiger partial charge in [-0.05, 0) is 26.2 Å². The third kappa shape index (κ3) is 23.8. The van der Waals surface area contributed by atoms with Gasteiger partial charge in [0.05, 0.1) is 19.3 Å². The minimum atomic E-state index is -2.02. The molecule has 26 heteroatoms. The number of hydrogen-bond donors (Lipinski definition) is 13. The Morgan fingerprint density at radius 3 is 1.60 bits per heavy atom. The van der Waals surface area contributed by atoms with Crippen molar-refractivity contribution in [2.75, 3.05) is 24.7 Å². The Labute approximate surface area is 321 Å². The van der Waals surface area contributed by atoms with Gasteiger partial charge in [-0.15, -0.1) is 0 Å². The van der Waals surface area contributed by atoms with E-state index in [9.17, 15) is 68.4 Å². The van der Waals surface area contributed by atoms with Crippen molar-refractivity contribution in [1.29, 1.82) is 5.41 Å². The van der Waals surface area contributed by atoms with Gasteiger partial charge in [0.15, 0.2) is 5.96 Å². The first-order valence-electron chi connectivity index (χ1n) is 16.3. The largest absolute Gasteiger partial charge is 0.481 e. The molecule has 0 aromatic carbocycles. The molecule has 15 N–H and O–H groups in total. The van der Waals surface area contributed by atoms with Crippen molar-refractivity contribution in [3.05, 3.63) is 0 Å². The van der Waals surface area contributed by atoms with E-state index in [-0.39, 0.29) is 56.8 Å². The fraction of sp³-hybridized carbons (Fsp3) is 0.621. The van der Waals surface area contributed by atoms with Crippen LogP contribution in [-0.4, -0.2) is 147 Å². The van der Waals surface area contributed by atoms with E-state index in [1.165, 1.54) is 0 Å². The normalized spacial score (nSPS) is 13.9. The van der Waals surface area contributed by atoms with Crippen LogP contribution in [0.3, 0.4) is 0 Å². The van der Waals surface area contributed by atoms with Crippen molar-refractivity contribution < 1.29 is 73.1 Å². The molecule has 55 heavy (non-hydrogen) atoms. The summed E-state index contributed by atoms with van der Waals surface area (Å²) in [6.45, 7) is 1.84. The maximum atomic E-state index is 13.5. The lowest BCUT2D eigenvalue weighted by molar-refractivity contribution is -0.144. The summed E-state index contributed by atoms with van der Waals surface area (Å²) in [7, 11) is 2.07. The Bertz CT molecular complexity index is 1390. The van der Waals surface area contributed by atoms with Crippen molar-refractivity contribution in [2.45, 2.75) is 88.1 Å². The summed E-state index contributed by atoms with van der Waals surface area (Å²) in [6.07, 6.45) is -3.39. The van der Waals surface area contributed by atoms with Crippen LogP contribution < -0.4 is 43.4 Å². The van der Waals surface area contributed by atoms with Gasteiger partial charge < -0.3 is 68.5 Å². The molecule has 0 aromatic heterocycles. The zero-order valence-corrected chi connectivity index (χ0v) is 31.2. The van der Waals surface area contributed by atoms with Crippen molar-refractivity contribution >= 4 is 87.4 Å². The van der Waals surface area contributed by atoms with E-state index >= 15 is 0 Å². The molecule has 310 valence electrons. The summed E-state index contributed by atoms with van der Waals surface area (Å²) in [6, 6.07) is -9.31. The van der Waals surface area contributed by atoms with Crippen LogP contribution in [0.25, 0.3) is 0 Å². The molecule has 0 heterocycles. The number of amides is 5. The lowest BCUT2D eigenvalue weighted by atomic mass is 10.1. The molecular formula is C29H47N9O15S2. The minimum absolute atomic E-state index is 0.00694. The van der Waals surface area contributed by atoms with Crippen LogP contribution in [0.5, 0.6) is 0 Å². The van der Waals surface area contributed by atoms with Crippen LogP contribution in [-0.2, 0) is 52.7 Å². The highest BCUT2D eigenvalue weighted by Crippen LogP contribution is 2.21. The molecule has 0 unspecified atom stereocenters. The number of nitrogens with two attached hydrogens (primary N) is 2. The van der Waals surface area contributed by atoms with Crippen LogP contribution in [0.15, 0.2) is 0 Å². The van der Waals surface area contributed by atoms with Gasteiger partial charge in [-0.1, -0.05) is 21.6 Å². The van der Waals surface area contributed by atoms with Gasteiger partial charge in [-0.25, -0.2) is 4.79 Å². The highest BCUT2D eigenvalue weighted by molar-refractivity contribution is 8.76. The van der Waals surface area contributed by atoms with Crippen molar-refractivity contribution in [1.82, 2.24) is 31.9 Å². The number of rotatable bonds is 30. The highest BCUT2D eigenvalue weighted by Gasteiger charge is 2.34. The molecule has 0 saturated carbocycles. The number of nitrogens with one attached hydrogen (secondary N) is 7. The average Bonchev–Trinajstić information content (AvgIpc) is 3.07. The van der Waals surface area contributed by atoms with E-state index in [4.69, 9.17) is 16.9 Å². The summed E-state index contributed by atoms with van der Waals surface area (Å²) in [4.78, 5) is 122. The van der Waals surface area contributed by atoms with Gasteiger partial charge >= 0.3 is 23.9 Å². The molecule has 0 radical (unpaired) electrons. The van der Waals surface area contributed by atoms with Crippen LogP contribution in [0.2, 0.25) is 0 Å². The topological polar surface area (TPSA) is 409 Å².